The zero-order valence-electron chi connectivity index (χ0n) is 10.2. The number of carboxylic acids is 1. The molecule has 0 aliphatic carbocycles. The van der Waals surface area contributed by atoms with Gasteiger partial charge in [-0.3, -0.25) is 4.98 Å². The molecule has 0 aromatic carbocycles. The number of carboxylic acid groups (broad SMARTS) is 1. The van der Waals surface area contributed by atoms with Crippen LogP contribution in [0.25, 0.3) is 0 Å². The molecule has 0 aliphatic heterocycles. The third-order valence-electron chi connectivity index (χ3n) is 2.04. The molecule has 0 amide bonds. The van der Waals surface area contributed by atoms with Crippen LogP contribution < -0.4 is 0 Å². The molecule has 2 heterocycles. The average Bonchev–Trinajstić information content (AvgIpc) is 2.39. The van der Waals surface area contributed by atoms with Gasteiger partial charge in [0.2, 0.25) is 0 Å². The number of pyridine rings is 2. The summed E-state index contributed by atoms with van der Waals surface area (Å²) in [4.78, 5) is 17.2. The van der Waals surface area contributed by atoms with Gasteiger partial charge in [-0.15, -0.1) is 0 Å². The van der Waals surface area contributed by atoms with Gasteiger partial charge in [0.05, 0.1) is 6.61 Å². The summed E-state index contributed by atoms with van der Waals surface area (Å²) in [5.41, 5.74) is -0.489. The smallest absolute Gasteiger partial charge is 0.357 e. The Labute approximate surface area is 134 Å². The van der Waals surface area contributed by atoms with Crippen molar-refractivity contribution >= 4 is 37.8 Å². The molecule has 0 radical (unpaired) electrons. The summed E-state index contributed by atoms with van der Waals surface area (Å²) in [5.74, 6) is -2.70. The van der Waals surface area contributed by atoms with E-state index in [1.165, 1.54) is 18.5 Å². The standard InChI is InChI=1S/C6H3BrFNO2.C6H5BrFNO/c7-3-1-4(8)5(6(10)11)9-2-3;7-4-1-5(8)6(3-10)9-2-4/h1-2H,(H,10,11);1-2,10H,3H2. The van der Waals surface area contributed by atoms with Gasteiger partial charge >= 0.3 is 5.97 Å². The van der Waals surface area contributed by atoms with Crippen molar-refractivity contribution in [1.82, 2.24) is 9.97 Å². The number of hydrogen-bond donors (Lipinski definition) is 2. The molecule has 2 N–H and O–H groups in total. The third-order valence-corrected chi connectivity index (χ3v) is 2.91. The lowest BCUT2D eigenvalue weighted by Gasteiger charge is -1.96. The third kappa shape index (κ3) is 5.44. The Balaban J connectivity index is 0.000000211. The summed E-state index contributed by atoms with van der Waals surface area (Å²) < 4.78 is 26.2. The van der Waals surface area contributed by atoms with Crippen LogP contribution in [0.4, 0.5) is 8.78 Å². The van der Waals surface area contributed by atoms with E-state index >= 15 is 0 Å². The van der Waals surface area contributed by atoms with E-state index in [4.69, 9.17) is 10.2 Å². The van der Waals surface area contributed by atoms with Gasteiger partial charge in [-0.2, -0.15) is 0 Å². The van der Waals surface area contributed by atoms with E-state index < -0.39 is 23.3 Å². The predicted octanol–water partition coefficient (Wildman–Crippen LogP) is 3.16. The molecule has 2 rings (SSSR count). The lowest BCUT2D eigenvalue weighted by Crippen LogP contribution is -2.03. The molecule has 5 nitrogen and oxygen atoms in total. The van der Waals surface area contributed by atoms with Crippen molar-refractivity contribution in [2.75, 3.05) is 0 Å². The van der Waals surface area contributed by atoms with E-state index in [2.05, 4.69) is 41.8 Å². The van der Waals surface area contributed by atoms with Crippen LogP contribution in [-0.4, -0.2) is 26.2 Å². The highest BCUT2D eigenvalue weighted by molar-refractivity contribution is 9.10. The fourth-order valence-corrected chi connectivity index (χ4v) is 1.74. The summed E-state index contributed by atoms with van der Waals surface area (Å²) >= 11 is 5.99. The molecule has 0 aliphatic rings. The van der Waals surface area contributed by atoms with E-state index in [0.29, 0.717) is 8.95 Å². The lowest BCUT2D eigenvalue weighted by atomic mass is 10.3. The topological polar surface area (TPSA) is 83.3 Å². The number of carbonyl (C=O) groups is 1. The SMILES string of the molecule is O=C(O)c1ncc(Br)cc1F.OCc1ncc(Br)cc1F. The first-order valence-corrected chi connectivity index (χ1v) is 6.89. The molecule has 0 unspecified atom stereocenters. The first-order valence-electron chi connectivity index (χ1n) is 5.30. The molecular formula is C12H8Br2F2N2O3. The van der Waals surface area contributed by atoms with Crippen molar-refractivity contribution in [3.05, 3.63) is 56.5 Å². The molecule has 0 atom stereocenters. The molecule has 0 bridgehead atoms. The number of aromatic nitrogens is 2. The maximum absolute atomic E-state index is 12.6. The van der Waals surface area contributed by atoms with Gasteiger partial charge in [0, 0.05) is 21.3 Å². The van der Waals surface area contributed by atoms with Crippen molar-refractivity contribution in [3.8, 4) is 0 Å². The van der Waals surface area contributed by atoms with Crippen molar-refractivity contribution < 1.29 is 23.8 Å². The Morgan fingerprint density at radius 3 is 2.05 bits per heavy atom. The first-order chi connectivity index (χ1) is 9.85. The number of aliphatic hydroxyl groups is 1. The van der Waals surface area contributed by atoms with E-state index in [0.717, 1.165) is 6.07 Å². The van der Waals surface area contributed by atoms with Gasteiger partial charge in [-0.25, -0.2) is 18.6 Å². The summed E-state index contributed by atoms with van der Waals surface area (Å²) in [6, 6.07) is 2.31. The van der Waals surface area contributed by atoms with Crippen LogP contribution in [0.15, 0.2) is 33.5 Å². The summed E-state index contributed by atoms with van der Waals surface area (Å²) in [6.07, 6.45) is 2.67. The van der Waals surface area contributed by atoms with Gasteiger partial charge in [0.25, 0.3) is 0 Å². The Bertz CT molecular complexity index is 656. The average molecular weight is 426 g/mol. The number of halogens is 4. The second-order valence-electron chi connectivity index (χ2n) is 3.53. The van der Waals surface area contributed by atoms with Crippen molar-refractivity contribution in [2.45, 2.75) is 6.61 Å². The van der Waals surface area contributed by atoms with Gasteiger partial charge in [-0.1, -0.05) is 0 Å². The maximum atomic E-state index is 12.6. The molecule has 9 heteroatoms. The fourth-order valence-electron chi connectivity index (χ4n) is 1.13. The summed E-state index contributed by atoms with van der Waals surface area (Å²) in [5, 5.41) is 16.8. The van der Waals surface area contributed by atoms with E-state index in [1.807, 2.05) is 0 Å². The van der Waals surface area contributed by atoms with Crippen LogP contribution >= 0.6 is 31.9 Å². The van der Waals surface area contributed by atoms with Gasteiger partial charge in [0.1, 0.15) is 11.5 Å². The molecule has 0 spiro atoms. The van der Waals surface area contributed by atoms with Crippen LogP contribution in [0, 0.1) is 11.6 Å². The Morgan fingerprint density at radius 1 is 1.10 bits per heavy atom. The van der Waals surface area contributed by atoms with Gasteiger partial charge < -0.3 is 10.2 Å². The minimum absolute atomic E-state index is 0.0724. The quantitative estimate of drug-likeness (QED) is 0.772. The number of hydrogen-bond acceptors (Lipinski definition) is 4. The maximum Gasteiger partial charge on any atom is 0.357 e. The van der Waals surface area contributed by atoms with Crippen LogP contribution in [0.1, 0.15) is 16.2 Å². The van der Waals surface area contributed by atoms with Crippen molar-refractivity contribution in [1.29, 1.82) is 0 Å². The second-order valence-corrected chi connectivity index (χ2v) is 5.36. The minimum Gasteiger partial charge on any atom is -0.476 e. The largest absolute Gasteiger partial charge is 0.476 e. The highest BCUT2D eigenvalue weighted by Gasteiger charge is 2.11. The molecule has 112 valence electrons. The number of aromatic carboxylic acids is 1. The Kier molecular flexibility index (Phi) is 6.79. The van der Waals surface area contributed by atoms with Crippen LogP contribution in [0.5, 0.6) is 0 Å². The molecule has 0 fully saturated rings. The molecular weight excluding hydrogens is 418 g/mol. The lowest BCUT2D eigenvalue weighted by molar-refractivity contribution is 0.0685. The zero-order valence-corrected chi connectivity index (χ0v) is 13.4. The molecule has 21 heavy (non-hydrogen) atoms. The number of aliphatic hydroxyl groups excluding tert-OH is 1. The normalized spacial score (nSPS) is 9.76. The fraction of sp³-hybridized carbons (Fsp3) is 0.0833. The number of rotatable bonds is 2. The monoisotopic (exact) mass is 424 g/mol. The second kappa shape index (κ2) is 8.11. The Hall–Kier alpha value is -1.45. The summed E-state index contributed by atoms with van der Waals surface area (Å²) in [6.45, 7) is -0.362. The summed E-state index contributed by atoms with van der Waals surface area (Å²) in [7, 11) is 0. The van der Waals surface area contributed by atoms with Crippen molar-refractivity contribution in [2.24, 2.45) is 0 Å². The van der Waals surface area contributed by atoms with Gasteiger partial charge in [-0.05, 0) is 44.0 Å². The van der Waals surface area contributed by atoms with E-state index in [9.17, 15) is 13.6 Å². The van der Waals surface area contributed by atoms with Gasteiger partial charge in [0.15, 0.2) is 11.5 Å². The highest BCUT2D eigenvalue weighted by atomic mass is 79.9. The number of nitrogens with zero attached hydrogens (tertiary/aromatic N) is 2. The highest BCUT2D eigenvalue weighted by Crippen LogP contribution is 2.12. The minimum atomic E-state index is -1.37. The van der Waals surface area contributed by atoms with Crippen LogP contribution in [0.3, 0.4) is 0 Å². The van der Waals surface area contributed by atoms with Crippen LogP contribution in [0.2, 0.25) is 0 Å². The van der Waals surface area contributed by atoms with E-state index in [1.54, 1.807) is 0 Å². The van der Waals surface area contributed by atoms with Crippen molar-refractivity contribution in [3.63, 3.8) is 0 Å². The van der Waals surface area contributed by atoms with Crippen LogP contribution in [-0.2, 0) is 6.61 Å². The Morgan fingerprint density at radius 2 is 1.62 bits per heavy atom. The molecule has 2 aromatic heterocycles. The molecule has 2 aromatic rings. The zero-order chi connectivity index (χ0) is 16.0. The molecule has 0 saturated heterocycles. The van der Waals surface area contributed by atoms with E-state index in [-0.39, 0.29) is 12.3 Å². The predicted molar refractivity (Wildman–Crippen MR) is 76.7 cm³/mol. The first kappa shape index (κ1) is 17.6. The molecule has 0 saturated carbocycles.